The Morgan fingerprint density at radius 2 is 2.30 bits per heavy atom. The van der Waals surface area contributed by atoms with Crippen molar-refractivity contribution in [3.63, 3.8) is 0 Å². The number of nitrogens with zero attached hydrogens (tertiary/aromatic N) is 1. The fourth-order valence-corrected chi connectivity index (χ4v) is 2.77. The molecule has 0 bridgehead atoms. The molecule has 0 aromatic heterocycles. The van der Waals surface area contributed by atoms with Gasteiger partial charge in [-0.15, -0.1) is 0 Å². The Morgan fingerprint density at radius 3 is 2.95 bits per heavy atom. The van der Waals surface area contributed by atoms with Crippen LogP contribution in [-0.4, -0.2) is 40.7 Å². The molecule has 2 unspecified atom stereocenters. The average Bonchev–Trinajstić information content (AvgIpc) is 2.42. The molecule has 0 radical (unpaired) electrons. The SMILES string of the molecule is Cc1cc(C(O)CN2CCCC(C(=O)O)C2)ccc1Cl. The fourth-order valence-electron chi connectivity index (χ4n) is 2.65. The highest BCUT2D eigenvalue weighted by Crippen LogP contribution is 2.23. The number of piperidine rings is 1. The third kappa shape index (κ3) is 3.72. The van der Waals surface area contributed by atoms with Crippen molar-refractivity contribution in [3.8, 4) is 0 Å². The highest BCUT2D eigenvalue weighted by Gasteiger charge is 2.26. The number of aliphatic hydroxyl groups excluding tert-OH is 1. The lowest BCUT2D eigenvalue weighted by molar-refractivity contribution is -0.143. The topological polar surface area (TPSA) is 60.8 Å². The van der Waals surface area contributed by atoms with Crippen LogP contribution in [0.1, 0.15) is 30.1 Å². The van der Waals surface area contributed by atoms with Gasteiger partial charge in [0, 0.05) is 18.1 Å². The van der Waals surface area contributed by atoms with Crippen LogP contribution in [0.5, 0.6) is 0 Å². The van der Waals surface area contributed by atoms with Crippen LogP contribution in [0.2, 0.25) is 5.02 Å². The predicted octanol–water partition coefficient (Wildman–Crippen LogP) is 2.48. The first-order chi connectivity index (χ1) is 9.47. The zero-order chi connectivity index (χ0) is 14.7. The Hall–Kier alpha value is -1.10. The lowest BCUT2D eigenvalue weighted by Crippen LogP contribution is -2.40. The summed E-state index contributed by atoms with van der Waals surface area (Å²) in [7, 11) is 0. The minimum Gasteiger partial charge on any atom is -0.481 e. The fraction of sp³-hybridized carbons (Fsp3) is 0.533. The number of β-amino-alcohol motifs (C(OH)–C–C–N with tert-alkyl or cyclic N) is 1. The van der Waals surface area contributed by atoms with Crippen LogP contribution in [0, 0.1) is 12.8 Å². The van der Waals surface area contributed by atoms with Gasteiger partial charge in [-0.2, -0.15) is 0 Å². The normalized spacial score (nSPS) is 21.6. The van der Waals surface area contributed by atoms with E-state index in [-0.39, 0.29) is 5.92 Å². The van der Waals surface area contributed by atoms with E-state index >= 15 is 0 Å². The summed E-state index contributed by atoms with van der Waals surface area (Å²) in [5, 5.41) is 20.0. The summed E-state index contributed by atoms with van der Waals surface area (Å²) in [4.78, 5) is 13.1. The van der Waals surface area contributed by atoms with E-state index in [9.17, 15) is 9.90 Å². The van der Waals surface area contributed by atoms with E-state index in [1.54, 1.807) is 6.07 Å². The summed E-state index contributed by atoms with van der Waals surface area (Å²) in [6.45, 7) is 3.72. The van der Waals surface area contributed by atoms with Crippen LogP contribution < -0.4 is 0 Å². The van der Waals surface area contributed by atoms with Crippen LogP contribution in [0.4, 0.5) is 0 Å². The standard InChI is InChI=1S/C15H20ClNO3/c1-10-7-11(4-5-13(10)16)14(18)9-17-6-2-3-12(8-17)15(19)20/h4-5,7,12,14,18H,2-3,6,8-9H2,1H3,(H,19,20). The number of hydrogen-bond acceptors (Lipinski definition) is 3. The van der Waals surface area contributed by atoms with Gasteiger partial charge in [0.15, 0.2) is 0 Å². The van der Waals surface area contributed by atoms with E-state index in [0.717, 1.165) is 30.5 Å². The molecule has 0 aliphatic carbocycles. The second kappa shape index (κ2) is 6.57. The van der Waals surface area contributed by atoms with E-state index in [0.29, 0.717) is 18.1 Å². The maximum Gasteiger partial charge on any atom is 0.307 e. The molecule has 20 heavy (non-hydrogen) atoms. The van der Waals surface area contributed by atoms with Crippen LogP contribution in [0.3, 0.4) is 0 Å². The zero-order valence-corrected chi connectivity index (χ0v) is 12.3. The van der Waals surface area contributed by atoms with Crippen LogP contribution in [-0.2, 0) is 4.79 Å². The number of aryl methyl sites for hydroxylation is 1. The highest BCUT2D eigenvalue weighted by atomic mass is 35.5. The number of carboxylic acid groups (broad SMARTS) is 1. The van der Waals surface area contributed by atoms with E-state index in [1.807, 2.05) is 24.0 Å². The van der Waals surface area contributed by atoms with E-state index < -0.39 is 12.1 Å². The molecule has 1 saturated heterocycles. The van der Waals surface area contributed by atoms with E-state index in [2.05, 4.69) is 0 Å². The van der Waals surface area contributed by atoms with Crippen molar-refractivity contribution < 1.29 is 15.0 Å². The predicted molar refractivity (Wildman–Crippen MR) is 77.9 cm³/mol. The first-order valence-corrected chi connectivity index (χ1v) is 7.24. The Labute approximate surface area is 124 Å². The number of aliphatic carboxylic acids is 1. The minimum absolute atomic E-state index is 0.317. The summed E-state index contributed by atoms with van der Waals surface area (Å²) in [6.07, 6.45) is 0.976. The molecular formula is C15H20ClNO3. The Balaban J connectivity index is 1.98. The van der Waals surface area contributed by atoms with Crippen molar-refractivity contribution in [3.05, 3.63) is 34.3 Å². The molecular weight excluding hydrogens is 278 g/mol. The number of rotatable bonds is 4. The number of aliphatic hydroxyl groups is 1. The lowest BCUT2D eigenvalue weighted by Gasteiger charge is -2.32. The smallest absolute Gasteiger partial charge is 0.307 e. The van der Waals surface area contributed by atoms with Gasteiger partial charge in [0.05, 0.1) is 12.0 Å². The lowest BCUT2D eigenvalue weighted by atomic mass is 9.97. The van der Waals surface area contributed by atoms with Gasteiger partial charge in [0.25, 0.3) is 0 Å². The van der Waals surface area contributed by atoms with Crippen molar-refractivity contribution in [2.75, 3.05) is 19.6 Å². The van der Waals surface area contributed by atoms with Crippen molar-refractivity contribution in [1.82, 2.24) is 4.90 Å². The number of carboxylic acids is 1. The second-order valence-electron chi connectivity index (χ2n) is 5.46. The summed E-state index contributed by atoms with van der Waals surface area (Å²) in [5.41, 5.74) is 1.76. The van der Waals surface area contributed by atoms with Crippen LogP contribution in [0.25, 0.3) is 0 Å². The maximum atomic E-state index is 11.0. The molecule has 2 N–H and O–H groups in total. The third-order valence-electron chi connectivity index (χ3n) is 3.85. The van der Waals surface area contributed by atoms with Crippen molar-refractivity contribution >= 4 is 17.6 Å². The largest absolute Gasteiger partial charge is 0.481 e. The van der Waals surface area contributed by atoms with Gasteiger partial charge in [-0.05, 0) is 43.5 Å². The van der Waals surface area contributed by atoms with Gasteiger partial charge < -0.3 is 10.2 Å². The molecule has 1 heterocycles. The highest BCUT2D eigenvalue weighted by molar-refractivity contribution is 6.31. The molecule has 4 nitrogen and oxygen atoms in total. The Kier molecular flexibility index (Phi) is 5.02. The quantitative estimate of drug-likeness (QED) is 0.896. The molecule has 2 rings (SSSR count). The molecule has 1 aromatic carbocycles. The summed E-state index contributed by atoms with van der Waals surface area (Å²) in [6, 6.07) is 5.48. The molecule has 0 saturated carbocycles. The van der Waals surface area contributed by atoms with Gasteiger partial charge in [-0.3, -0.25) is 9.69 Å². The molecule has 110 valence electrons. The van der Waals surface area contributed by atoms with Gasteiger partial charge in [0.2, 0.25) is 0 Å². The van der Waals surface area contributed by atoms with Gasteiger partial charge >= 0.3 is 5.97 Å². The maximum absolute atomic E-state index is 11.0. The second-order valence-corrected chi connectivity index (χ2v) is 5.87. The number of halogens is 1. The molecule has 1 aliphatic rings. The first-order valence-electron chi connectivity index (χ1n) is 6.86. The summed E-state index contributed by atoms with van der Waals surface area (Å²) in [5.74, 6) is -1.06. The molecule has 5 heteroatoms. The zero-order valence-electron chi connectivity index (χ0n) is 11.6. The molecule has 2 atom stereocenters. The molecule has 0 spiro atoms. The molecule has 1 aliphatic heterocycles. The Bertz CT molecular complexity index is 492. The first kappa shape index (κ1) is 15.3. The van der Waals surface area contributed by atoms with Gasteiger partial charge in [-0.25, -0.2) is 0 Å². The third-order valence-corrected chi connectivity index (χ3v) is 4.28. The molecule has 1 aromatic rings. The monoisotopic (exact) mass is 297 g/mol. The number of likely N-dealkylation sites (tertiary alicyclic amines) is 1. The van der Waals surface area contributed by atoms with Crippen molar-refractivity contribution in [2.45, 2.75) is 25.9 Å². The minimum atomic E-state index is -0.744. The number of hydrogen-bond donors (Lipinski definition) is 2. The van der Waals surface area contributed by atoms with Crippen molar-refractivity contribution in [1.29, 1.82) is 0 Å². The van der Waals surface area contributed by atoms with Crippen LogP contribution in [0.15, 0.2) is 18.2 Å². The molecule has 0 amide bonds. The van der Waals surface area contributed by atoms with Crippen LogP contribution >= 0.6 is 11.6 Å². The Morgan fingerprint density at radius 1 is 1.55 bits per heavy atom. The summed E-state index contributed by atoms with van der Waals surface area (Å²) >= 11 is 5.97. The number of carbonyl (C=O) groups is 1. The van der Waals surface area contributed by atoms with E-state index in [1.165, 1.54) is 0 Å². The molecule has 1 fully saturated rings. The van der Waals surface area contributed by atoms with E-state index in [4.69, 9.17) is 16.7 Å². The average molecular weight is 298 g/mol. The number of benzene rings is 1. The summed E-state index contributed by atoms with van der Waals surface area (Å²) < 4.78 is 0. The van der Waals surface area contributed by atoms with Gasteiger partial charge in [0.1, 0.15) is 0 Å². The van der Waals surface area contributed by atoms with Crippen molar-refractivity contribution in [2.24, 2.45) is 5.92 Å². The van der Waals surface area contributed by atoms with Gasteiger partial charge in [-0.1, -0.05) is 23.7 Å².